The molecule has 2 fully saturated rings. The number of fused-ring (bicyclic) bond motifs is 2. The van der Waals surface area contributed by atoms with Gasteiger partial charge in [0.1, 0.15) is 11.6 Å². The number of aliphatic hydroxyl groups is 1. The number of aromatic nitrogens is 4. The Morgan fingerprint density at radius 1 is 1.22 bits per heavy atom. The lowest BCUT2D eigenvalue weighted by molar-refractivity contribution is 0.0672. The smallest absolute Gasteiger partial charge is 0.256 e. The van der Waals surface area contributed by atoms with Crippen molar-refractivity contribution in [3.63, 3.8) is 0 Å². The third kappa shape index (κ3) is 2.92. The second-order valence-electron chi connectivity index (χ2n) is 7.38. The fraction of sp³-hybridized carbons (Fsp3) is 0.500. The first-order valence-corrected chi connectivity index (χ1v) is 9.38. The quantitative estimate of drug-likeness (QED) is 0.700. The van der Waals surface area contributed by atoms with E-state index < -0.39 is 0 Å². The number of hydrogen-bond donors (Lipinski definition) is 2. The summed E-state index contributed by atoms with van der Waals surface area (Å²) in [6.45, 7) is 4.04. The van der Waals surface area contributed by atoms with Crippen LogP contribution in [0.1, 0.15) is 12.8 Å². The summed E-state index contributed by atoms with van der Waals surface area (Å²) in [5.74, 6) is 3.30. The van der Waals surface area contributed by atoms with E-state index in [1.165, 1.54) is 0 Å². The van der Waals surface area contributed by atoms with Crippen LogP contribution in [0.2, 0.25) is 0 Å². The molecule has 3 aromatic heterocycles. The van der Waals surface area contributed by atoms with E-state index in [0.717, 1.165) is 44.8 Å². The van der Waals surface area contributed by atoms with E-state index in [1.807, 2.05) is 12.1 Å². The lowest BCUT2D eigenvalue weighted by atomic mass is 9.91. The van der Waals surface area contributed by atoms with Gasteiger partial charge >= 0.3 is 0 Å². The van der Waals surface area contributed by atoms with Crippen LogP contribution >= 0.6 is 0 Å². The zero-order valence-electron chi connectivity index (χ0n) is 15.0. The van der Waals surface area contributed by atoms with E-state index in [1.54, 1.807) is 16.8 Å². The lowest BCUT2D eigenvalue weighted by Crippen LogP contribution is -2.57. The number of hydrogen-bond acceptors (Lipinski definition) is 8. The molecule has 0 bridgehead atoms. The van der Waals surface area contributed by atoms with Gasteiger partial charge in [-0.2, -0.15) is 14.5 Å². The zero-order chi connectivity index (χ0) is 18.4. The van der Waals surface area contributed by atoms with Crippen molar-refractivity contribution in [1.82, 2.24) is 24.5 Å². The third-order valence-electron chi connectivity index (χ3n) is 5.66. The van der Waals surface area contributed by atoms with Crippen LogP contribution < -0.4 is 10.6 Å². The van der Waals surface area contributed by atoms with E-state index in [-0.39, 0.29) is 6.61 Å². The summed E-state index contributed by atoms with van der Waals surface area (Å²) in [6, 6.07) is 5.97. The molecule has 0 saturated carbocycles. The molecule has 9 nitrogen and oxygen atoms in total. The standard InChI is InChI=1S/C18H23N7O2/c19-15-8-16(20-18-21-17(22-25(15)18)14-2-1-7-27-14)24-6-5-23-9-12(11-26)3-4-13(23)10-24/h1-2,7-8,12-13,26H,3-6,9-11,19H2/t12-,13-/m0/s1. The number of nitrogens with zero attached hydrogens (tertiary/aromatic N) is 6. The van der Waals surface area contributed by atoms with Gasteiger partial charge in [-0.1, -0.05) is 0 Å². The first-order valence-electron chi connectivity index (χ1n) is 9.38. The SMILES string of the molecule is Nc1cc(N2CCN3C[C@@H](CO)CC[C@H]3C2)nc2nc(-c3ccco3)nn12. The Kier molecular flexibility index (Phi) is 3.98. The van der Waals surface area contributed by atoms with Crippen molar-refractivity contribution in [2.45, 2.75) is 18.9 Å². The lowest BCUT2D eigenvalue weighted by Gasteiger charge is -2.46. The Labute approximate surface area is 156 Å². The molecule has 0 spiro atoms. The highest BCUT2D eigenvalue weighted by Crippen LogP contribution is 2.28. The molecule has 2 aliphatic rings. The van der Waals surface area contributed by atoms with Crippen molar-refractivity contribution in [3.05, 3.63) is 24.5 Å². The highest BCUT2D eigenvalue weighted by molar-refractivity contribution is 5.57. The summed E-state index contributed by atoms with van der Waals surface area (Å²) in [7, 11) is 0. The van der Waals surface area contributed by atoms with Crippen LogP contribution in [-0.2, 0) is 0 Å². The highest BCUT2D eigenvalue weighted by Gasteiger charge is 2.33. The Morgan fingerprint density at radius 2 is 2.15 bits per heavy atom. The van der Waals surface area contributed by atoms with Gasteiger partial charge in [-0.3, -0.25) is 4.90 Å². The summed E-state index contributed by atoms with van der Waals surface area (Å²) in [6.07, 6.45) is 3.78. The minimum absolute atomic E-state index is 0.284. The predicted molar refractivity (Wildman–Crippen MR) is 100 cm³/mol. The van der Waals surface area contributed by atoms with E-state index in [4.69, 9.17) is 15.1 Å². The molecule has 9 heteroatoms. The topological polar surface area (TPSA) is 109 Å². The van der Waals surface area contributed by atoms with Crippen molar-refractivity contribution >= 4 is 17.4 Å². The van der Waals surface area contributed by atoms with Gasteiger partial charge in [0.2, 0.25) is 5.82 Å². The van der Waals surface area contributed by atoms with E-state index in [0.29, 0.717) is 35.1 Å². The second-order valence-corrected chi connectivity index (χ2v) is 7.38. The van der Waals surface area contributed by atoms with Crippen molar-refractivity contribution in [1.29, 1.82) is 0 Å². The number of piperazine rings is 1. The molecule has 0 amide bonds. The Balaban J connectivity index is 1.40. The maximum atomic E-state index is 9.43. The Hall–Kier alpha value is -2.65. The third-order valence-corrected chi connectivity index (χ3v) is 5.66. The molecule has 3 aromatic rings. The molecule has 2 aliphatic heterocycles. The molecule has 5 rings (SSSR count). The molecule has 3 N–H and O–H groups in total. The van der Waals surface area contributed by atoms with Crippen LogP contribution in [0.25, 0.3) is 17.4 Å². The molecule has 0 aliphatic carbocycles. The van der Waals surface area contributed by atoms with E-state index >= 15 is 0 Å². The minimum atomic E-state index is 0.284. The number of anilines is 2. The average Bonchev–Trinajstić information content (AvgIpc) is 3.36. The minimum Gasteiger partial charge on any atom is -0.461 e. The molecule has 5 heterocycles. The van der Waals surface area contributed by atoms with Gasteiger partial charge in [0.15, 0.2) is 5.76 Å². The number of aliphatic hydroxyl groups excluding tert-OH is 1. The highest BCUT2D eigenvalue weighted by atomic mass is 16.3. The van der Waals surface area contributed by atoms with Crippen molar-refractivity contribution in [3.8, 4) is 11.6 Å². The first-order chi connectivity index (χ1) is 13.2. The number of furan rings is 1. The molecule has 27 heavy (non-hydrogen) atoms. The largest absolute Gasteiger partial charge is 0.461 e. The van der Waals surface area contributed by atoms with E-state index in [2.05, 4.69) is 19.9 Å². The molecule has 0 unspecified atom stereocenters. The maximum absolute atomic E-state index is 9.43. The predicted octanol–water partition coefficient (Wildman–Crippen LogP) is 0.859. The van der Waals surface area contributed by atoms with Gasteiger partial charge in [0, 0.05) is 44.9 Å². The number of piperidine rings is 1. The van der Waals surface area contributed by atoms with Gasteiger partial charge in [-0.25, -0.2) is 0 Å². The summed E-state index contributed by atoms with van der Waals surface area (Å²) >= 11 is 0. The molecule has 2 atom stereocenters. The van der Waals surface area contributed by atoms with Crippen LogP contribution in [0.15, 0.2) is 28.9 Å². The maximum Gasteiger partial charge on any atom is 0.256 e. The van der Waals surface area contributed by atoms with Crippen LogP contribution in [0, 0.1) is 5.92 Å². The summed E-state index contributed by atoms with van der Waals surface area (Å²) in [5, 5.41) is 13.8. The Morgan fingerprint density at radius 3 is 2.96 bits per heavy atom. The van der Waals surface area contributed by atoms with Crippen LogP contribution in [-0.4, -0.2) is 68.4 Å². The van der Waals surface area contributed by atoms with Gasteiger partial charge in [0.05, 0.1) is 6.26 Å². The summed E-state index contributed by atoms with van der Waals surface area (Å²) in [5.41, 5.74) is 6.22. The molecule has 0 radical (unpaired) electrons. The zero-order valence-corrected chi connectivity index (χ0v) is 15.0. The Bertz CT molecular complexity index is 939. The summed E-state index contributed by atoms with van der Waals surface area (Å²) in [4.78, 5) is 13.9. The van der Waals surface area contributed by atoms with Crippen molar-refractivity contribution < 1.29 is 9.52 Å². The van der Waals surface area contributed by atoms with Gasteiger partial charge in [-0.15, -0.1) is 5.10 Å². The molecule has 2 saturated heterocycles. The first kappa shape index (κ1) is 16.5. The normalized spacial score (nSPS) is 23.7. The van der Waals surface area contributed by atoms with Gasteiger partial charge < -0.3 is 20.2 Å². The molecule has 0 aromatic carbocycles. The van der Waals surface area contributed by atoms with Crippen LogP contribution in [0.4, 0.5) is 11.6 Å². The molecular formula is C18H23N7O2. The fourth-order valence-electron chi connectivity index (χ4n) is 4.16. The van der Waals surface area contributed by atoms with Crippen molar-refractivity contribution in [2.75, 3.05) is 43.4 Å². The fourth-order valence-corrected chi connectivity index (χ4v) is 4.16. The number of nitrogen functional groups attached to an aromatic ring is 1. The molecule has 142 valence electrons. The van der Waals surface area contributed by atoms with Gasteiger partial charge in [0.25, 0.3) is 5.78 Å². The van der Waals surface area contributed by atoms with Gasteiger partial charge in [-0.05, 0) is 30.9 Å². The average molecular weight is 369 g/mol. The van der Waals surface area contributed by atoms with Crippen LogP contribution in [0.5, 0.6) is 0 Å². The number of nitrogens with two attached hydrogens (primary N) is 1. The number of rotatable bonds is 3. The second kappa shape index (κ2) is 6.50. The summed E-state index contributed by atoms with van der Waals surface area (Å²) < 4.78 is 6.92. The monoisotopic (exact) mass is 369 g/mol. The van der Waals surface area contributed by atoms with Crippen molar-refractivity contribution in [2.24, 2.45) is 5.92 Å². The van der Waals surface area contributed by atoms with Crippen LogP contribution in [0.3, 0.4) is 0 Å². The molecular weight excluding hydrogens is 346 g/mol. The van der Waals surface area contributed by atoms with E-state index in [9.17, 15) is 5.11 Å².